The van der Waals surface area contributed by atoms with E-state index in [4.69, 9.17) is 16.0 Å². The maximum Gasteiger partial charge on any atom is 0.335 e. The number of aromatic amines is 1. The van der Waals surface area contributed by atoms with Crippen molar-refractivity contribution in [2.75, 3.05) is 4.90 Å². The number of hydrogen-bond donors (Lipinski definition) is 2. The molecule has 0 bridgehead atoms. The number of nitrogens with one attached hydrogen (secondary N) is 2. The zero-order chi connectivity index (χ0) is 22.2. The summed E-state index contributed by atoms with van der Waals surface area (Å²) in [6, 6.07) is 16.3. The van der Waals surface area contributed by atoms with Crippen molar-refractivity contribution in [2.24, 2.45) is 0 Å². The number of H-pyrrole nitrogens is 1. The Bertz CT molecular complexity index is 1390. The molecule has 0 unspecified atom stereocenters. The Balaban J connectivity index is 1.41. The molecule has 4 aromatic rings. The summed E-state index contributed by atoms with van der Waals surface area (Å²) in [6.07, 6.45) is 1.30. The zero-order valence-electron chi connectivity index (χ0n) is 16.2. The summed E-state index contributed by atoms with van der Waals surface area (Å²) in [5, 5.41) is 3.67. The number of imide groups is 2. The molecule has 32 heavy (non-hydrogen) atoms. The molecule has 2 aromatic heterocycles. The molecule has 2 N–H and O–H groups in total. The SMILES string of the molecule is O=C1NC(=O)N(c2cccc(Cl)c2)C(=O)/C1=C\c1ccc(Sc2nc3ccccc3[nH]2)o1. The molecule has 0 saturated carbocycles. The number of barbiturate groups is 1. The van der Waals surface area contributed by atoms with Gasteiger partial charge in [-0.05, 0) is 60.3 Å². The third kappa shape index (κ3) is 3.79. The van der Waals surface area contributed by atoms with Crippen LogP contribution in [0.5, 0.6) is 0 Å². The fraction of sp³-hybridized carbons (Fsp3) is 0. The van der Waals surface area contributed by atoms with Crippen molar-refractivity contribution in [1.29, 1.82) is 0 Å². The highest BCUT2D eigenvalue weighted by Gasteiger charge is 2.37. The lowest BCUT2D eigenvalue weighted by Crippen LogP contribution is -2.54. The van der Waals surface area contributed by atoms with Crippen molar-refractivity contribution in [3.63, 3.8) is 0 Å². The van der Waals surface area contributed by atoms with E-state index in [-0.39, 0.29) is 17.0 Å². The molecule has 0 atom stereocenters. The number of imidazole rings is 1. The Hall–Kier alpha value is -3.82. The molecule has 0 spiro atoms. The first-order valence-corrected chi connectivity index (χ1v) is 10.6. The van der Waals surface area contributed by atoms with Crippen molar-refractivity contribution in [2.45, 2.75) is 10.2 Å². The van der Waals surface area contributed by atoms with Gasteiger partial charge in [0.2, 0.25) is 0 Å². The lowest BCUT2D eigenvalue weighted by Gasteiger charge is -2.26. The number of fused-ring (bicyclic) bond motifs is 1. The Morgan fingerprint density at radius 1 is 1.03 bits per heavy atom. The molecule has 3 heterocycles. The standard InChI is InChI=1S/C22H13ClN4O4S/c23-12-4-3-5-13(10-12)27-20(29)15(19(28)26-22(27)30)11-14-8-9-18(31-14)32-21-24-16-6-1-2-7-17(16)25-21/h1-11H,(H,24,25)(H,26,28,30)/b15-11-. The van der Waals surface area contributed by atoms with E-state index >= 15 is 0 Å². The summed E-state index contributed by atoms with van der Waals surface area (Å²) in [7, 11) is 0. The summed E-state index contributed by atoms with van der Waals surface area (Å²) in [4.78, 5) is 46.0. The van der Waals surface area contributed by atoms with E-state index in [1.165, 1.54) is 23.9 Å². The molecular weight excluding hydrogens is 452 g/mol. The largest absolute Gasteiger partial charge is 0.450 e. The van der Waals surface area contributed by atoms with E-state index in [1.807, 2.05) is 24.3 Å². The summed E-state index contributed by atoms with van der Waals surface area (Å²) in [6.45, 7) is 0. The van der Waals surface area contributed by atoms with E-state index in [2.05, 4.69) is 15.3 Å². The first-order chi connectivity index (χ1) is 15.5. The van der Waals surface area contributed by atoms with E-state index in [9.17, 15) is 14.4 Å². The van der Waals surface area contributed by atoms with Crippen LogP contribution < -0.4 is 10.2 Å². The molecule has 1 saturated heterocycles. The number of aromatic nitrogens is 2. The number of benzene rings is 2. The van der Waals surface area contributed by atoms with Gasteiger partial charge in [0.15, 0.2) is 10.2 Å². The van der Waals surface area contributed by atoms with E-state index in [1.54, 1.807) is 30.3 Å². The number of furan rings is 1. The number of carbonyl (C=O) groups is 3. The van der Waals surface area contributed by atoms with Gasteiger partial charge in [-0.1, -0.05) is 29.8 Å². The van der Waals surface area contributed by atoms with Crippen LogP contribution in [0, 0.1) is 0 Å². The van der Waals surface area contributed by atoms with Gasteiger partial charge < -0.3 is 9.40 Å². The van der Waals surface area contributed by atoms with Crippen LogP contribution in [0.1, 0.15) is 5.76 Å². The monoisotopic (exact) mass is 464 g/mol. The Morgan fingerprint density at radius 2 is 1.88 bits per heavy atom. The lowest BCUT2D eigenvalue weighted by molar-refractivity contribution is -0.122. The van der Waals surface area contributed by atoms with Crippen LogP contribution in [-0.4, -0.2) is 27.8 Å². The number of anilines is 1. The van der Waals surface area contributed by atoms with Crippen molar-refractivity contribution < 1.29 is 18.8 Å². The first-order valence-electron chi connectivity index (χ1n) is 9.37. The van der Waals surface area contributed by atoms with Gasteiger partial charge in [0.05, 0.1) is 16.7 Å². The van der Waals surface area contributed by atoms with Gasteiger partial charge >= 0.3 is 6.03 Å². The molecule has 158 valence electrons. The topological polar surface area (TPSA) is 108 Å². The molecule has 2 aromatic carbocycles. The van der Waals surface area contributed by atoms with Crippen molar-refractivity contribution in [3.05, 3.63) is 77.0 Å². The minimum atomic E-state index is -0.847. The smallest absolute Gasteiger partial charge is 0.335 e. The molecule has 10 heteroatoms. The van der Waals surface area contributed by atoms with Gasteiger partial charge in [-0.25, -0.2) is 14.7 Å². The Kier molecular flexibility index (Phi) is 5.04. The van der Waals surface area contributed by atoms with E-state index < -0.39 is 17.8 Å². The van der Waals surface area contributed by atoms with E-state index in [0.29, 0.717) is 15.3 Å². The van der Waals surface area contributed by atoms with Crippen LogP contribution in [0.2, 0.25) is 5.02 Å². The normalized spacial score (nSPS) is 15.6. The number of amides is 4. The second-order valence-electron chi connectivity index (χ2n) is 6.76. The van der Waals surface area contributed by atoms with Gasteiger partial charge in [-0.15, -0.1) is 0 Å². The average Bonchev–Trinajstić information content (AvgIpc) is 3.37. The van der Waals surface area contributed by atoms with Gasteiger partial charge in [-0.2, -0.15) is 0 Å². The number of halogens is 1. The molecule has 8 nitrogen and oxygen atoms in total. The number of carbonyl (C=O) groups excluding carboxylic acids is 3. The predicted octanol–water partition coefficient (Wildman–Crippen LogP) is 4.63. The summed E-state index contributed by atoms with van der Waals surface area (Å²) < 4.78 is 5.74. The first kappa shape index (κ1) is 20.1. The van der Waals surface area contributed by atoms with Gasteiger partial charge in [-0.3, -0.25) is 14.9 Å². The number of hydrogen-bond acceptors (Lipinski definition) is 6. The molecule has 1 aliphatic rings. The second-order valence-corrected chi connectivity index (χ2v) is 8.19. The quantitative estimate of drug-likeness (QED) is 0.337. The van der Waals surface area contributed by atoms with Crippen LogP contribution in [0.15, 0.2) is 80.9 Å². The highest BCUT2D eigenvalue weighted by atomic mass is 35.5. The molecule has 1 fully saturated rings. The molecule has 5 rings (SSSR count). The molecular formula is C22H13ClN4O4S. The zero-order valence-corrected chi connectivity index (χ0v) is 17.7. The second kappa shape index (κ2) is 8.03. The van der Waals surface area contributed by atoms with E-state index in [0.717, 1.165) is 15.9 Å². The minimum Gasteiger partial charge on any atom is -0.450 e. The van der Waals surface area contributed by atoms with Gasteiger partial charge in [0.25, 0.3) is 11.8 Å². The number of rotatable bonds is 4. The van der Waals surface area contributed by atoms with Crippen LogP contribution in [0.4, 0.5) is 10.5 Å². The predicted molar refractivity (Wildman–Crippen MR) is 119 cm³/mol. The third-order valence-corrected chi connectivity index (χ3v) is 5.66. The third-order valence-electron chi connectivity index (χ3n) is 4.62. The maximum absolute atomic E-state index is 12.9. The van der Waals surface area contributed by atoms with Crippen LogP contribution in [-0.2, 0) is 9.59 Å². The van der Waals surface area contributed by atoms with Gasteiger partial charge in [0, 0.05) is 5.02 Å². The van der Waals surface area contributed by atoms with Crippen LogP contribution in [0.3, 0.4) is 0 Å². The van der Waals surface area contributed by atoms with Crippen molar-refractivity contribution in [1.82, 2.24) is 15.3 Å². The minimum absolute atomic E-state index is 0.237. The Morgan fingerprint density at radius 3 is 2.69 bits per heavy atom. The number of nitrogens with zero attached hydrogens (tertiary/aromatic N) is 2. The van der Waals surface area contributed by atoms with Crippen molar-refractivity contribution in [3.8, 4) is 0 Å². The number of urea groups is 1. The average molecular weight is 465 g/mol. The summed E-state index contributed by atoms with van der Waals surface area (Å²) >= 11 is 7.24. The van der Waals surface area contributed by atoms with Crippen molar-refractivity contribution >= 4 is 64.0 Å². The number of para-hydroxylation sites is 2. The lowest BCUT2D eigenvalue weighted by atomic mass is 10.1. The van der Waals surface area contributed by atoms with Crippen LogP contribution >= 0.6 is 23.4 Å². The summed E-state index contributed by atoms with van der Waals surface area (Å²) in [5.74, 6) is -1.30. The van der Waals surface area contributed by atoms with Crippen LogP contribution in [0.25, 0.3) is 17.1 Å². The molecule has 4 amide bonds. The highest BCUT2D eigenvalue weighted by molar-refractivity contribution is 7.99. The highest BCUT2D eigenvalue weighted by Crippen LogP contribution is 2.30. The molecule has 1 aliphatic heterocycles. The van der Waals surface area contributed by atoms with Gasteiger partial charge in [0.1, 0.15) is 11.3 Å². The molecule has 0 radical (unpaired) electrons. The molecule has 0 aliphatic carbocycles. The summed E-state index contributed by atoms with van der Waals surface area (Å²) in [5.41, 5.74) is 1.75. The fourth-order valence-electron chi connectivity index (χ4n) is 3.19. The Labute approximate surface area is 190 Å². The fourth-order valence-corrected chi connectivity index (χ4v) is 4.14. The maximum atomic E-state index is 12.9.